The molecule has 1 N–H and O–H groups in total. The van der Waals surface area contributed by atoms with Crippen LogP contribution in [0.25, 0.3) is 5.69 Å². The van der Waals surface area contributed by atoms with E-state index in [0.29, 0.717) is 29.8 Å². The summed E-state index contributed by atoms with van der Waals surface area (Å²) in [6, 6.07) is 11.7. The number of rotatable bonds is 5. The van der Waals surface area contributed by atoms with Gasteiger partial charge in [-0.05, 0) is 88.6 Å². The van der Waals surface area contributed by atoms with Crippen LogP contribution in [0, 0.1) is 5.92 Å². The van der Waals surface area contributed by atoms with Crippen LogP contribution in [0.4, 0.5) is 4.79 Å². The van der Waals surface area contributed by atoms with E-state index in [1.54, 1.807) is 6.20 Å². The van der Waals surface area contributed by atoms with Gasteiger partial charge in [0, 0.05) is 36.2 Å². The molecule has 1 saturated carbocycles. The van der Waals surface area contributed by atoms with E-state index >= 15 is 0 Å². The van der Waals surface area contributed by atoms with Gasteiger partial charge in [0.15, 0.2) is 0 Å². The van der Waals surface area contributed by atoms with Gasteiger partial charge in [-0.2, -0.15) is 0 Å². The highest BCUT2D eigenvalue weighted by molar-refractivity contribution is 6.30. The number of hydrogen-bond donors (Lipinski definition) is 1. The number of fused-ring (bicyclic) bond motifs is 3. The predicted octanol–water partition coefficient (Wildman–Crippen LogP) is 5.66. The number of carbonyl (C=O) groups excluding carboxylic acids is 1. The smallest absolute Gasteiger partial charge is 0.407 e. The zero-order chi connectivity index (χ0) is 26.0. The molecule has 196 valence electrons. The molecule has 1 atom stereocenters. The van der Waals surface area contributed by atoms with Crippen molar-refractivity contribution in [3.8, 4) is 11.6 Å². The SMILES string of the molecule is CC(C)(C)OC(=O)NCC1Cc2cc(Cl)ccc2-n2c(nnc2C2CCC(Oc3ccccn3)CC2)C1. The summed E-state index contributed by atoms with van der Waals surface area (Å²) in [5.41, 5.74) is 1.67. The highest BCUT2D eigenvalue weighted by Gasteiger charge is 2.32. The predicted molar refractivity (Wildman–Crippen MR) is 141 cm³/mol. The first-order chi connectivity index (χ1) is 17.7. The maximum absolute atomic E-state index is 12.3. The summed E-state index contributed by atoms with van der Waals surface area (Å²) in [7, 11) is 0. The minimum Gasteiger partial charge on any atom is -0.474 e. The number of benzene rings is 1. The van der Waals surface area contributed by atoms with E-state index in [2.05, 4.69) is 31.1 Å². The quantitative estimate of drug-likeness (QED) is 0.464. The lowest BCUT2D eigenvalue weighted by Gasteiger charge is -2.28. The summed E-state index contributed by atoms with van der Waals surface area (Å²) in [6.07, 6.45) is 6.82. The van der Waals surface area contributed by atoms with Gasteiger partial charge in [0.1, 0.15) is 23.4 Å². The number of halogens is 1. The van der Waals surface area contributed by atoms with Crippen LogP contribution in [-0.2, 0) is 17.6 Å². The lowest BCUT2D eigenvalue weighted by Crippen LogP contribution is -2.36. The second-order valence-corrected chi connectivity index (χ2v) is 11.4. The fourth-order valence-corrected chi connectivity index (χ4v) is 5.47. The maximum Gasteiger partial charge on any atom is 0.407 e. The van der Waals surface area contributed by atoms with Gasteiger partial charge in [-0.3, -0.25) is 4.57 Å². The summed E-state index contributed by atoms with van der Waals surface area (Å²) >= 11 is 6.40. The fraction of sp³-hybridized carbons (Fsp3) is 0.500. The van der Waals surface area contributed by atoms with Crippen LogP contribution in [-0.4, -0.2) is 44.1 Å². The third kappa shape index (κ3) is 6.24. The van der Waals surface area contributed by atoms with Crippen LogP contribution in [0.3, 0.4) is 0 Å². The number of ether oxygens (including phenoxy) is 2. The van der Waals surface area contributed by atoms with Crippen molar-refractivity contribution >= 4 is 17.7 Å². The molecule has 1 aliphatic heterocycles. The molecule has 1 aliphatic carbocycles. The van der Waals surface area contributed by atoms with E-state index < -0.39 is 11.7 Å². The molecule has 0 saturated heterocycles. The Bertz CT molecular complexity index is 1230. The van der Waals surface area contributed by atoms with E-state index in [0.717, 1.165) is 55.0 Å². The molecule has 1 fully saturated rings. The van der Waals surface area contributed by atoms with Gasteiger partial charge < -0.3 is 14.8 Å². The lowest BCUT2D eigenvalue weighted by atomic mass is 9.86. The molecule has 8 nitrogen and oxygen atoms in total. The van der Waals surface area contributed by atoms with Gasteiger partial charge in [-0.25, -0.2) is 9.78 Å². The molecule has 1 amide bonds. The van der Waals surface area contributed by atoms with Crippen LogP contribution in [0.5, 0.6) is 5.88 Å². The summed E-state index contributed by atoms with van der Waals surface area (Å²) in [6.45, 7) is 6.06. The number of pyridine rings is 1. The highest BCUT2D eigenvalue weighted by Crippen LogP contribution is 2.37. The topological polar surface area (TPSA) is 91.2 Å². The normalized spacial score (nSPS) is 21.4. The fourth-order valence-electron chi connectivity index (χ4n) is 5.28. The Morgan fingerprint density at radius 2 is 1.92 bits per heavy atom. The van der Waals surface area contributed by atoms with Crippen LogP contribution in [0.2, 0.25) is 5.02 Å². The largest absolute Gasteiger partial charge is 0.474 e. The van der Waals surface area contributed by atoms with Gasteiger partial charge >= 0.3 is 6.09 Å². The number of nitrogens with zero attached hydrogens (tertiary/aromatic N) is 4. The molecular formula is C28H34ClN5O3. The van der Waals surface area contributed by atoms with Crippen molar-refractivity contribution in [2.75, 3.05) is 6.54 Å². The number of aromatic nitrogens is 4. The van der Waals surface area contributed by atoms with E-state index in [1.807, 2.05) is 51.1 Å². The number of nitrogens with one attached hydrogen (secondary N) is 1. The molecule has 2 aliphatic rings. The Morgan fingerprint density at radius 1 is 1.11 bits per heavy atom. The molecule has 5 rings (SSSR count). The van der Waals surface area contributed by atoms with Gasteiger partial charge in [0.05, 0.1) is 5.69 Å². The minimum absolute atomic E-state index is 0.144. The van der Waals surface area contributed by atoms with Crippen LogP contribution in [0.15, 0.2) is 42.6 Å². The van der Waals surface area contributed by atoms with E-state index in [1.165, 1.54) is 0 Å². The molecular weight excluding hydrogens is 490 g/mol. The maximum atomic E-state index is 12.3. The van der Waals surface area contributed by atoms with Crippen molar-refractivity contribution in [1.29, 1.82) is 0 Å². The molecule has 37 heavy (non-hydrogen) atoms. The first kappa shape index (κ1) is 25.5. The summed E-state index contributed by atoms with van der Waals surface area (Å²) < 4.78 is 13.8. The van der Waals surface area contributed by atoms with E-state index in [4.69, 9.17) is 21.1 Å². The molecule has 3 heterocycles. The first-order valence-electron chi connectivity index (χ1n) is 13.0. The van der Waals surface area contributed by atoms with Crippen molar-refractivity contribution in [3.63, 3.8) is 0 Å². The van der Waals surface area contributed by atoms with Gasteiger partial charge in [0.25, 0.3) is 0 Å². The zero-order valence-electron chi connectivity index (χ0n) is 21.6. The third-order valence-electron chi connectivity index (χ3n) is 6.92. The Morgan fingerprint density at radius 3 is 2.65 bits per heavy atom. The van der Waals surface area contributed by atoms with Crippen molar-refractivity contribution in [1.82, 2.24) is 25.1 Å². The van der Waals surface area contributed by atoms with Gasteiger partial charge in [-0.1, -0.05) is 17.7 Å². The molecule has 1 unspecified atom stereocenters. The number of alkyl carbamates (subject to hydrolysis) is 1. The minimum atomic E-state index is -0.537. The van der Waals surface area contributed by atoms with E-state index in [-0.39, 0.29) is 12.0 Å². The summed E-state index contributed by atoms with van der Waals surface area (Å²) in [5, 5.41) is 13.0. The van der Waals surface area contributed by atoms with Crippen molar-refractivity contribution in [2.45, 2.75) is 76.9 Å². The van der Waals surface area contributed by atoms with Crippen molar-refractivity contribution < 1.29 is 14.3 Å². The average Bonchev–Trinajstić information content (AvgIpc) is 3.19. The molecule has 9 heteroatoms. The number of carbonyl (C=O) groups is 1. The second-order valence-electron chi connectivity index (χ2n) is 11.0. The molecule has 3 aromatic rings. The lowest BCUT2D eigenvalue weighted by molar-refractivity contribution is 0.0519. The number of hydrogen-bond acceptors (Lipinski definition) is 6. The Hall–Kier alpha value is -3.13. The first-order valence-corrected chi connectivity index (χ1v) is 13.4. The molecule has 0 radical (unpaired) electrons. The van der Waals surface area contributed by atoms with Crippen molar-refractivity contribution in [2.24, 2.45) is 5.92 Å². The molecule has 1 aromatic carbocycles. The molecule has 0 spiro atoms. The van der Waals surface area contributed by atoms with Crippen LogP contribution >= 0.6 is 11.6 Å². The second kappa shape index (κ2) is 10.7. The van der Waals surface area contributed by atoms with Crippen LogP contribution in [0.1, 0.15) is 69.6 Å². The summed E-state index contributed by atoms with van der Waals surface area (Å²) in [5.74, 6) is 3.03. The van der Waals surface area contributed by atoms with Gasteiger partial charge in [-0.15, -0.1) is 10.2 Å². The third-order valence-corrected chi connectivity index (χ3v) is 7.15. The monoisotopic (exact) mass is 523 g/mol. The standard InChI is InChI=1S/C28H34ClN5O3/c1-28(2,3)37-27(35)31-17-18-14-20-16-21(29)9-12-23(20)34-24(15-18)32-33-26(34)19-7-10-22(11-8-19)36-25-6-4-5-13-30-25/h4-6,9,12-13,16,18-19,22H,7-8,10-11,14-15,17H2,1-3H3,(H,31,35). The zero-order valence-corrected chi connectivity index (χ0v) is 22.4. The van der Waals surface area contributed by atoms with E-state index in [9.17, 15) is 4.79 Å². The molecule has 0 bridgehead atoms. The molecule has 2 aromatic heterocycles. The Labute approximate surface area is 222 Å². The average molecular weight is 524 g/mol. The van der Waals surface area contributed by atoms with Gasteiger partial charge in [0.2, 0.25) is 5.88 Å². The Balaban J connectivity index is 1.33. The Kier molecular flexibility index (Phi) is 7.38. The number of amides is 1. The van der Waals surface area contributed by atoms with Crippen LogP contribution < -0.4 is 10.1 Å². The summed E-state index contributed by atoms with van der Waals surface area (Å²) in [4.78, 5) is 16.6. The van der Waals surface area contributed by atoms with Crippen molar-refractivity contribution in [3.05, 3.63) is 64.8 Å². The highest BCUT2D eigenvalue weighted by atomic mass is 35.5.